The van der Waals surface area contributed by atoms with Gasteiger partial charge in [0.15, 0.2) is 0 Å². The van der Waals surface area contributed by atoms with E-state index in [0.717, 1.165) is 28.8 Å². The number of benzene rings is 1. The summed E-state index contributed by atoms with van der Waals surface area (Å²) in [4.78, 5) is 4.50. The maximum absolute atomic E-state index is 6.04. The Bertz CT molecular complexity index is 620. The molecule has 0 radical (unpaired) electrons. The number of hydrogen-bond acceptors (Lipinski definition) is 4. The molecule has 21 heavy (non-hydrogen) atoms. The zero-order chi connectivity index (χ0) is 14.7. The predicted octanol–water partition coefficient (Wildman–Crippen LogP) is 4.29. The van der Waals surface area contributed by atoms with Gasteiger partial charge in [-0.15, -0.1) is 0 Å². The fraction of sp³-hybridized carbons (Fsp3) is 0.471. The van der Waals surface area contributed by atoms with Crippen LogP contribution in [0.5, 0.6) is 0 Å². The molecule has 0 unspecified atom stereocenters. The molecule has 1 aliphatic carbocycles. The smallest absolute Gasteiger partial charge is 0.0953 e. The van der Waals surface area contributed by atoms with Gasteiger partial charge in [-0.2, -0.15) is 11.8 Å². The third-order valence-electron chi connectivity index (χ3n) is 4.60. The summed E-state index contributed by atoms with van der Waals surface area (Å²) in [5.74, 6) is 0. The van der Waals surface area contributed by atoms with Crippen molar-refractivity contribution < 1.29 is 0 Å². The molecule has 0 spiro atoms. The van der Waals surface area contributed by atoms with Crippen LogP contribution in [0.15, 0.2) is 30.5 Å². The van der Waals surface area contributed by atoms with E-state index in [9.17, 15) is 0 Å². The van der Waals surface area contributed by atoms with Gasteiger partial charge in [0.05, 0.1) is 11.2 Å². The molecule has 1 heterocycles. The molecule has 1 aromatic heterocycles. The lowest BCUT2D eigenvalue weighted by molar-refractivity contribution is 0.411. The molecule has 0 saturated heterocycles. The highest BCUT2D eigenvalue weighted by Gasteiger charge is 2.30. The van der Waals surface area contributed by atoms with Crippen LogP contribution in [0.2, 0.25) is 0 Å². The van der Waals surface area contributed by atoms with Crippen LogP contribution in [0.1, 0.15) is 32.1 Å². The lowest BCUT2D eigenvalue weighted by Gasteiger charge is -2.36. The summed E-state index contributed by atoms with van der Waals surface area (Å²) in [5, 5.41) is 4.67. The van der Waals surface area contributed by atoms with Crippen LogP contribution in [0.4, 0.5) is 11.4 Å². The molecule has 0 amide bonds. The van der Waals surface area contributed by atoms with E-state index in [4.69, 9.17) is 5.73 Å². The molecule has 0 bridgehead atoms. The standard InChI is InChI=1S/C17H23N3S/c1-21-17(9-3-2-4-10-17)12-20-15-8-7-14(18)13-6-5-11-19-16(13)15/h5-8,11,20H,2-4,9-10,12,18H2,1H3. The minimum atomic E-state index is 0.376. The van der Waals surface area contributed by atoms with Gasteiger partial charge >= 0.3 is 0 Å². The average Bonchev–Trinajstić information content (AvgIpc) is 2.55. The molecule has 0 aliphatic heterocycles. The van der Waals surface area contributed by atoms with Crippen molar-refractivity contribution in [1.29, 1.82) is 0 Å². The maximum Gasteiger partial charge on any atom is 0.0953 e. The highest BCUT2D eigenvalue weighted by atomic mass is 32.2. The number of nitrogen functional groups attached to an aromatic ring is 1. The maximum atomic E-state index is 6.04. The Labute approximate surface area is 130 Å². The Morgan fingerprint density at radius 3 is 2.81 bits per heavy atom. The molecule has 0 atom stereocenters. The van der Waals surface area contributed by atoms with Crippen molar-refractivity contribution in [2.75, 3.05) is 23.9 Å². The average molecular weight is 301 g/mol. The lowest BCUT2D eigenvalue weighted by atomic mass is 9.88. The van der Waals surface area contributed by atoms with Gasteiger partial charge in [-0.25, -0.2) is 0 Å². The second kappa shape index (κ2) is 6.14. The van der Waals surface area contributed by atoms with Crippen molar-refractivity contribution in [3.63, 3.8) is 0 Å². The van der Waals surface area contributed by atoms with Crippen molar-refractivity contribution in [3.8, 4) is 0 Å². The monoisotopic (exact) mass is 301 g/mol. The molecule has 3 rings (SSSR count). The summed E-state index contributed by atoms with van der Waals surface area (Å²) in [6.45, 7) is 1.00. The Balaban J connectivity index is 1.83. The minimum absolute atomic E-state index is 0.376. The zero-order valence-electron chi connectivity index (χ0n) is 12.6. The molecule has 2 aromatic rings. The molecule has 3 N–H and O–H groups in total. The summed E-state index contributed by atoms with van der Waals surface area (Å²) in [5.41, 5.74) is 8.91. The van der Waals surface area contributed by atoms with E-state index in [-0.39, 0.29) is 0 Å². The molecule has 3 nitrogen and oxygen atoms in total. The highest BCUT2D eigenvalue weighted by Crippen LogP contribution is 2.39. The van der Waals surface area contributed by atoms with Crippen LogP contribution in [0.3, 0.4) is 0 Å². The summed E-state index contributed by atoms with van der Waals surface area (Å²) >= 11 is 2.01. The fourth-order valence-electron chi connectivity index (χ4n) is 3.24. The van der Waals surface area contributed by atoms with E-state index in [1.807, 2.05) is 36.2 Å². The Kier molecular flexibility index (Phi) is 4.24. The van der Waals surface area contributed by atoms with Crippen molar-refractivity contribution in [1.82, 2.24) is 4.98 Å². The van der Waals surface area contributed by atoms with Gasteiger partial charge in [0, 0.05) is 28.6 Å². The molecule has 1 fully saturated rings. The van der Waals surface area contributed by atoms with Gasteiger partial charge in [-0.05, 0) is 43.4 Å². The first kappa shape index (κ1) is 14.5. The number of fused-ring (bicyclic) bond motifs is 1. The zero-order valence-corrected chi connectivity index (χ0v) is 13.4. The number of rotatable bonds is 4. The van der Waals surface area contributed by atoms with Gasteiger partial charge < -0.3 is 11.1 Å². The fourth-order valence-corrected chi connectivity index (χ4v) is 4.16. The predicted molar refractivity (Wildman–Crippen MR) is 94.0 cm³/mol. The summed E-state index contributed by atoms with van der Waals surface area (Å²) in [6.07, 6.45) is 10.8. The van der Waals surface area contributed by atoms with E-state index in [1.54, 1.807) is 0 Å². The van der Waals surface area contributed by atoms with Crippen molar-refractivity contribution in [3.05, 3.63) is 30.5 Å². The van der Waals surface area contributed by atoms with E-state index in [1.165, 1.54) is 32.1 Å². The molecule has 1 aromatic carbocycles. The summed E-state index contributed by atoms with van der Waals surface area (Å²) in [7, 11) is 0. The van der Waals surface area contributed by atoms with Gasteiger partial charge in [0.25, 0.3) is 0 Å². The van der Waals surface area contributed by atoms with Gasteiger partial charge in [-0.3, -0.25) is 4.98 Å². The minimum Gasteiger partial charge on any atom is -0.398 e. The largest absolute Gasteiger partial charge is 0.398 e. The van der Waals surface area contributed by atoms with Crippen LogP contribution in [-0.2, 0) is 0 Å². The number of pyridine rings is 1. The summed E-state index contributed by atoms with van der Waals surface area (Å²) in [6, 6.07) is 8.00. The van der Waals surface area contributed by atoms with Crippen molar-refractivity contribution >= 4 is 34.0 Å². The Morgan fingerprint density at radius 1 is 1.24 bits per heavy atom. The summed E-state index contributed by atoms with van der Waals surface area (Å²) < 4.78 is 0.376. The van der Waals surface area contributed by atoms with E-state index >= 15 is 0 Å². The number of nitrogens with zero attached hydrogens (tertiary/aromatic N) is 1. The number of aromatic nitrogens is 1. The van der Waals surface area contributed by atoms with Crippen LogP contribution in [0, 0.1) is 0 Å². The van der Waals surface area contributed by atoms with E-state index in [0.29, 0.717) is 4.75 Å². The third kappa shape index (κ3) is 2.95. The lowest BCUT2D eigenvalue weighted by Crippen LogP contribution is -2.35. The molecule has 1 aliphatic rings. The van der Waals surface area contributed by atoms with E-state index < -0.39 is 0 Å². The number of anilines is 2. The number of hydrogen-bond donors (Lipinski definition) is 2. The van der Waals surface area contributed by atoms with Crippen LogP contribution < -0.4 is 11.1 Å². The third-order valence-corrected chi connectivity index (χ3v) is 6.02. The van der Waals surface area contributed by atoms with Gasteiger partial charge in [0.1, 0.15) is 0 Å². The van der Waals surface area contributed by atoms with Crippen LogP contribution in [-0.4, -0.2) is 22.5 Å². The van der Waals surface area contributed by atoms with Crippen LogP contribution >= 0.6 is 11.8 Å². The topological polar surface area (TPSA) is 50.9 Å². The van der Waals surface area contributed by atoms with Crippen molar-refractivity contribution in [2.45, 2.75) is 36.9 Å². The SMILES string of the molecule is CSC1(CNc2ccc(N)c3cccnc23)CCCCC1. The molecular weight excluding hydrogens is 278 g/mol. The Hall–Kier alpha value is -1.42. The first-order valence-electron chi connectivity index (χ1n) is 7.66. The van der Waals surface area contributed by atoms with Gasteiger partial charge in [0.2, 0.25) is 0 Å². The number of nitrogens with one attached hydrogen (secondary N) is 1. The molecule has 4 heteroatoms. The highest BCUT2D eigenvalue weighted by molar-refractivity contribution is 8.00. The first-order valence-corrected chi connectivity index (χ1v) is 8.89. The Morgan fingerprint density at radius 2 is 2.05 bits per heavy atom. The molecule has 1 saturated carbocycles. The number of thioether (sulfide) groups is 1. The van der Waals surface area contributed by atoms with Gasteiger partial charge in [-0.1, -0.05) is 19.3 Å². The first-order chi connectivity index (χ1) is 10.2. The number of nitrogens with two attached hydrogens (primary N) is 1. The molecule has 112 valence electrons. The van der Waals surface area contributed by atoms with Crippen LogP contribution in [0.25, 0.3) is 10.9 Å². The normalized spacial score (nSPS) is 17.8. The van der Waals surface area contributed by atoms with E-state index in [2.05, 4.69) is 22.6 Å². The second-order valence-electron chi connectivity index (χ2n) is 5.90. The quantitative estimate of drug-likeness (QED) is 0.827. The molecular formula is C17H23N3S. The second-order valence-corrected chi connectivity index (χ2v) is 7.18. The van der Waals surface area contributed by atoms with Crippen molar-refractivity contribution in [2.24, 2.45) is 0 Å².